The Kier molecular flexibility index (Phi) is 51.4. The topological polar surface area (TPSA) is 335 Å². The molecule has 8 aliphatic heterocycles. The van der Waals surface area contributed by atoms with Gasteiger partial charge in [0, 0.05) is 13.2 Å². The second-order valence-electron chi connectivity index (χ2n) is 39.7. The Labute approximate surface area is 793 Å². The summed E-state index contributed by atoms with van der Waals surface area (Å²) in [7, 11) is 0. The fraction of sp³-hybridized carbons (Fsp3) is 0.938. The Bertz CT molecular complexity index is 2770. The van der Waals surface area contributed by atoms with E-state index in [0.29, 0.717) is 85.0 Å². The minimum Gasteiger partial charge on any atom is -0.379 e. The fourth-order valence-corrected chi connectivity index (χ4v) is 16.0. The highest BCUT2D eigenvalue weighted by molar-refractivity contribution is 4.92. The van der Waals surface area contributed by atoms with Crippen LogP contribution in [0.25, 0.3) is 0 Å². The lowest BCUT2D eigenvalue weighted by atomic mass is 10.1. The SMILES string of the molecule is C=CCCCCCCCCCOCC(COCCCCCCCCCC=C)n1cc(COC(COC(COC(COCC2COC(C)(C)O2)COCC2COC(C)(C)O2)COC(COCC2COC(C)(C)O2)COCC2COC(C)(C)O2)COC(COC(COCC2COC(C)(C)O2)COCC2COC(C)(C)O2)COC(COCC2COC(C)(C)O2)COCC2COC(C)(C)O2)nn1. The third-order valence-corrected chi connectivity index (χ3v) is 22.9. The van der Waals surface area contributed by atoms with Gasteiger partial charge in [-0.25, -0.2) is 4.68 Å². The van der Waals surface area contributed by atoms with Gasteiger partial charge in [-0.2, -0.15) is 0 Å². The van der Waals surface area contributed by atoms with Crippen LogP contribution < -0.4 is 0 Å². The van der Waals surface area contributed by atoms with Crippen molar-refractivity contribution >= 4 is 0 Å². The minimum atomic E-state index is -0.857. The van der Waals surface area contributed by atoms with E-state index in [1.807, 2.05) is 134 Å². The molecule has 36 heteroatoms. The number of rotatable bonds is 78. The Morgan fingerprint density at radius 1 is 0.278 bits per heavy atom. The van der Waals surface area contributed by atoms with Crippen molar-refractivity contribution in [2.75, 3.05) is 225 Å². The van der Waals surface area contributed by atoms with Crippen molar-refractivity contribution in [1.82, 2.24) is 15.0 Å². The van der Waals surface area contributed by atoms with Crippen LogP contribution >= 0.6 is 0 Å². The van der Waals surface area contributed by atoms with Crippen molar-refractivity contribution in [2.45, 2.75) is 364 Å². The van der Waals surface area contributed by atoms with Gasteiger partial charge in [-0.1, -0.05) is 81.6 Å². The van der Waals surface area contributed by atoms with Gasteiger partial charge in [0.1, 0.15) is 103 Å². The van der Waals surface area contributed by atoms with Gasteiger partial charge < -0.3 is 156 Å². The zero-order chi connectivity index (χ0) is 95.3. The van der Waals surface area contributed by atoms with E-state index in [1.54, 1.807) is 0 Å². The van der Waals surface area contributed by atoms with Crippen molar-refractivity contribution in [1.29, 1.82) is 0 Å². The van der Waals surface area contributed by atoms with E-state index in [0.717, 1.165) is 51.4 Å². The van der Waals surface area contributed by atoms with Crippen LogP contribution in [-0.4, -0.2) is 377 Å². The molecule has 0 aliphatic carbocycles. The Hall–Kier alpha value is -2.70. The third-order valence-electron chi connectivity index (χ3n) is 22.9. The Balaban J connectivity index is 1.01. The van der Waals surface area contributed by atoms with E-state index in [1.165, 1.54) is 51.4 Å². The second kappa shape index (κ2) is 60.0. The first-order valence-electron chi connectivity index (χ1n) is 49.4. The predicted octanol–water partition coefficient (Wildman–Crippen LogP) is 12.0. The van der Waals surface area contributed by atoms with E-state index in [4.69, 9.17) is 167 Å². The normalized spacial score (nSPS) is 26.0. The molecule has 0 aromatic carbocycles. The maximum atomic E-state index is 7.16. The standard InChI is InChI=1S/C97H173N3O33/c1-19-21-23-25-27-29-31-33-35-37-101-41-74(42-102-38-36-34-32-30-28-26-24-22-20-2)100-39-73(98-99-100)40-111-79(59-116-80(61-112-75(43-103-51-82-65-118-90(3,4)126-82)44-104-52-83-66-119-91(5,6)127-83)62-113-76(45-105-53-84-67-120-92(7,8)128-84)46-106-54-85-68-121-93(9,10)129-85)60-117-81(63-114-77(47-107-55-86-69-122-94(11,12)130-86)48-108-56-87-70-123-95(13,14)131-87)64-115-78(49-109-57-88-71-124-96(15,16)132-88)50-110-58-89-72-125-97(17,18)133-89/h19-20,39,74-89H,1-2,21-38,40-72H2,3-18H3. The van der Waals surface area contributed by atoms with E-state index >= 15 is 0 Å². The summed E-state index contributed by atoms with van der Waals surface area (Å²) in [5.41, 5.74) is 0.541. The largest absolute Gasteiger partial charge is 0.379 e. The van der Waals surface area contributed by atoms with Gasteiger partial charge >= 0.3 is 0 Å². The van der Waals surface area contributed by atoms with Gasteiger partial charge in [0.25, 0.3) is 0 Å². The van der Waals surface area contributed by atoms with E-state index in [9.17, 15) is 0 Å². The van der Waals surface area contributed by atoms with Crippen LogP contribution in [-0.2, 0) is 163 Å². The van der Waals surface area contributed by atoms with Crippen molar-refractivity contribution in [3.8, 4) is 0 Å². The van der Waals surface area contributed by atoms with Gasteiger partial charge in [0.05, 0.1) is 224 Å². The number of unbranched alkanes of at least 4 members (excludes halogenated alkanes) is 14. The van der Waals surface area contributed by atoms with Gasteiger partial charge in [-0.3, -0.25) is 0 Å². The average Bonchev–Trinajstić information content (AvgIpc) is 1.86. The fourth-order valence-electron chi connectivity index (χ4n) is 16.0. The van der Waals surface area contributed by atoms with Crippen LogP contribution in [0.3, 0.4) is 0 Å². The molecule has 8 fully saturated rings. The number of allylic oxidation sites excluding steroid dienone is 2. The smallest absolute Gasteiger partial charge is 0.163 e. The number of hydrogen-bond donors (Lipinski definition) is 0. The van der Waals surface area contributed by atoms with Gasteiger partial charge in [-0.05, 0) is 149 Å². The quantitative estimate of drug-likeness (QED) is 0.0432. The summed E-state index contributed by atoms with van der Waals surface area (Å²) >= 11 is 0. The van der Waals surface area contributed by atoms with Gasteiger partial charge in [0.2, 0.25) is 0 Å². The molecule has 1 aromatic heterocycles. The lowest BCUT2D eigenvalue weighted by Crippen LogP contribution is -2.40. The number of nitrogens with zero attached hydrogens (tertiary/aromatic N) is 3. The van der Waals surface area contributed by atoms with Crippen LogP contribution in [0.15, 0.2) is 31.5 Å². The first-order chi connectivity index (χ1) is 63.6. The zero-order valence-electron chi connectivity index (χ0n) is 83.8. The Morgan fingerprint density at radius 3 is 0.692 bits per heavy atom. The first-order valence-corrected chi connectivity index (χ1v) is 49.4. The first kappa shape index (κ1) is 114. The molecular weight excluding hydrogens is 1740 g/mol. The molecule has 0 spiro atoms. The number of aromatic nitrogens is 3. The van der Waals surface area contributed by atoms with Crippen molar-refractivity contribution in [2.24, 2.45) is 0 Å². The number of ether oxygens (including phenoxy) is 33. The molecule has 0 saturated carbocycles. The van der Waals surface area contributed by atoms with Crippen molar-refractivity contribution in [3.63, 3.8) is 0 Å². The molecule has 8 atom stereocenters. The lowest BCUT2D eigenvalue weighted by Gasteiger charge is -2.29. The molecule has 1 aromatic rings. The highest BCUT2D eigenvalue weighted by Crippen LogP contribution is 2.31. The van der Waals surface area contributed by atoms with E-state index < -0.39 is 89.0 Å². The average molecular weight is 1910 g/mol. The maximum Gasteiger partial charge on any atom is 0.163 e. The van der Waals surface area contributed by atoms with Crippen LogP contribution in [0.1, 0.15) is 225 Å². The molecule has 8 saturated heterocycles. The highest BCUT2D eigenvalue weighted by Gasteiger charge is 2.41. The molecule has 8 unspecified atom stereocenters. The van der Waals surface area contributed by atoms with Gasteiger partial charge in [0.15, 0.2) is 46.3 Å². The minimum absolute atomic E-state index is 0.0250. The summed E-state index contributed by atoms with van der Waals surface area (Å²) < 4.78 is 212. The Morgan fingerprint density at radius 2 is 0.481 bits per heavy atom. The lowest BCUT2D eigenvalue weighted by molar-refractivity contribution is -0.172. The molecule has 36 nitrogen and oxygen atoms in total. The zero-order valence-corrected chi connectivity index (χ0v) is 83.8. The van der Waals surface area contributed by atoms with Crippen molar-refractivity contribution < 1.29 is 156 Å². The third kappa shape index (κ3) is 48.8. The summed E-state index contributed by atoms with van der Waals surface area (Å²) in [5, 5.41) is 9.49. The van der Waals surface area contributed by atoms with E-state index in [-0.39, 0.29) is 207 Å². The van der Waals surface area contributed by atoms with Crippen LogP contribution in [0.5, 0.6) is 0 Å². The summed E-state index contributed by atoms with van der Waals surface area (Å²) in [4.78, 5) is 0. The molecule has 0 amide bonds. The predicted molar refractivity (Wildman–Crippen MR) is 488 cm³/mol. The van der Waals surface area contributed by atoms with Crippen molar-refractivity contribution in [3.05, 3.63) is 37.2 Å². The van der Waals surface area contributed by atoms with Crippen LogP contribution in [0.2, 0.25) is 0 Å². The molecule has 774 valence electrons. The molecule has 0 N–H and O–H groups in total. The van der Waals surface area contributed by atoms with Crippen LogP contribution in [0.4, 0.5) is 0 Å². The monoisotopic (exact) mass is 1910 g/mol. The summed E-state index contributed by atoms with van der Waals surface area (Å²) in [5.74, 6) is -6.09. The molecule has 9 heterocycles. The summed E-state index contributed by atoms with van der Waals surface area (Å²) in [6.07, 6.45) is 16.5. The maximum absolute atomic E-state index is 7.16. The molecule has 9 rings (SSSR count). The molecule has 8 aliphatic rings. The molecular formula is C97H173N3O33. The molecule has 0 bridgehead atoms. The van der Waals surface area contributed by atoms with Crippen LogP contribution in [0, 0.1) is 0 Å². The number of hydrogen-bond acceptors (Lipinski definition) is 35. The van der Waals surface area contributed by atoms with Gasteiger partial charge in [-0.15, -0.1) is 18.3 Å². The van der Waals surface area contributed by atoms with E-state index in [2.05, 4.69) is 13.2 Å². The second-order valence-corrected chi connectivity index (χ2v) is 39.7. The highest BCUT2D eigenvalue weighted by atomic mass is 16.8. The molecule has 133 heavy (non-hydrogen) atoms. The molecule has 0 radical (unpaired) electrons. The summed E-state index contributed by atoms with van der Waals surface area (Å²) in [6.45, 7) is 45.2. The summed E-state index contributed by atoms with van der Waals surface area (Å²) in [6, 6.07) is -0.286.